The van der Waals surface area contributed by atoms with Gasteiger partial charge in [-0.3, -0.25) is 0 Å². The van der Waals surface area contributed by atoms with Gasteiger partial charge in [0.25, 0.3) is 0 Å². The second-order valence-corrected chi connectivity index (χ2v) is 6.61. The van der Waals surface area contributed by atoms with E-state index in [4.69, 9.17) is 5.73 Å². The number of hydrogen-bond acceptors (Lipinski definition) is 3. The zero-order valence-corrected chi connectivity index (χ0v) is 11.4. The highest BCUT2D eigenvalue weighted by molar-refractivity contribution is 5.01. The maximum atomic E-state index is 9.52. The lowest BCUT2D eigenvalue weighted by Crippen LogP contribution is -2.56. The van der Waals surface area contributed by atoms with Crippen molar-refractivity contribution in [3.05, 3.63) is 0 Å². The van der Waals surface area contributed by atoms with E-state index in [1.807, 2.05) is 0 Å². The summed E-state index contributed by atoms with van der Waals surface area (Å²) in [4.78, 5) is 2.46. The van der Waals surface area contributed by atoms with E-state index in [-0.39, 0.29) is 12.1 Å². The van der Waals surface area contributed by atoms with Gasteiger partial charge in [0.05, 0.1) is 12.1 Å². The third-order valence-corrected chi connectivity index (χ3v) is 5.12. The van der Waals surface area contributed by atoms with Gasteiger partial charge in [-0.25, -0.2) is 0 Å². The molecule has 0 spiro atoms. The normalized spacial score (nSPS) is 28.9. The number of rotatable bonds is 5. The first-order chi connectivity index (χ1) is 8.01. The zero-order valence-electron chi connectivity index (χ0n) is 11.4. The Bertz CT molecular complexity index is 257. The average Bonchev–Trinajstić information content (AvgIpc) is 3.17. The Morgan fingerprint density at radius 2 is 1.94 bits per heavy atom. The Hall–Kier alpha value is -0.120. The highest BCUT2D eigenvalue weighted by Gasteiger charge is 2.43. The van der Waals surface area contributed by atoms with Gasteiger partial charge >= 0.3 is 0 Å². The summed E-state index contributed by atoms with van der Waals surface area (Å²) in [7, 11) is 0. The van der Waals surface area contributed by atoms with Crippen LogP contribution in [-0.2, 0) is 0 Å². The van der Waals surface area contributed by atoms with E-state index in [0.29, 0.717) is 11.3 Å². The van der Waals surface area contributed by atoms with Crippen molar-refractivity contribution in [2.75, 3.05) is 26.2 Å². The van der Waals surface area contributed by atoms with E-state index in [2.05, 4.69) is 18.7 Å². The number of nitrogens with zero attached hydrogens (tertiary/aromatic N) is 1. The molecule has 0 aromatic rings. The number of aliphatic hydroxyl groups is 1. The molecule has 3 nitrogen and oxygen atoms in total. The SMILES string of the molecule is CCC1(C)CCN(CC(N)(CO)C2CC2)CC1. The number of nitrogens with two attached hydrogens (primary N) is 1. The summed E-state index contributed by atoms with van der Waals surface area (Å²) in [6.07, 6.45) is 6.23. The van der Waals surface area contributed by atoms with Crippen LogP contribution in [-0.4, -0.2) is 41.8 Å². The minimum atomic E-state index is -0.333. The molecule has 1 aliphatic carbocycles. The van der Waals surface area contributed by atoms with Gasteiger partial charge in [0.1, 0.15) is 0 Å². The van der Waals surface area contributed by atoms with Crippen LogP contribution in [0.4, 0.5) is 0 Å². The van der Waals surface area contributed by atoms with Crippen molar-refractivity contribution in [1.82, 2.24) is 4.90 Å². The Kier molecular flexibility index (Phi) is 3.81. The van der Waals surface area contributed by atoms with Gasteiger partial charge in [-0.15, -0.1) is 0 Å². The fraction of sp³-hybridized carbons (Fsp3) is 1.00. The van der Waals surface area contributed by atoms with Gasteiger partial charge in [-0.05, 0) is 50.1 Å². The van der Waals surface area contributed by atoms with Crippen LogP contribution >= 0.6 is 0 Å². The third-order valence-electron chi connectivity index (χ3n) is 5.12. The van der Waals surface area contributed by atoms with Crippen molar-refractivity contribution in [1.29, 1.82) is 0 Å². The van der Waals surface area contributed by atoms with Crippen LogP contribution in [0.2, 0.25) is 0 Å². The second-order valence-electron chi connectivity index (χ2n) is 6.61. The summed E-state index contributed by atoms with van der Waals surface area (Å²) in [5.41, 5.74) is 6.54. The molecule has 0 radical (unpaired) electrons. The maximum Gasteiger partial charge on any atom is 0.0626 e. The van der Waals surface area contributed by atoms with Crippen LogP contribution < -0.4 is 5.73 Å². The molecule has 1 saturated carbocycles. The predicted molar refractivity (Wildman–Crippen MR) is 70.8 cm³/mol. The molecule has 2 fully saturated rings. The zero-order chi connectivity index (χ0) is 12.5. The molecule has 1 heterocycles. The van der Waals surface area contributed by atoms with E-state index in [0.717, 1.165) is 19.6 Å². The summed E-state index contributed by atoms with van der Waals surface area (Å²) in [5.74, 6) is 0.562. The number of hydrogen-bond donors (Lipinski definition) is 2. The van der Waals surface area contributed by atoms with Crippen LogP contribution in [0, 0.1) is 11.3 Å². The molecule has 0 aromatic carbocycles. The smallest absolute Gasteiger partial charge is 0.0626 e. The molecule has 0 bridgehead atoms. The standard InChI is InChI=1S/C14H28N2O/c1-3-13(2)6-8-16(9-7-13)10-14(15,11-17)12-4-5-12/h12,17H,3-11,15H2,1-2H3. The highest BCUT2D eigenvalue weighted by atomic mass is 16.3. The van der Waals surface area contributed by atoms with Crippen LogP contribution in [0.25, 0.3) is 0 Å². The Morgan fingerprint density at radius 3 is 2.35 bits per heavy atom. The topological polar surface area (TPSA) is 49.5 Å². The lowest BCUT2D eigenvalue weighted by atomic mass is 9.78. The summed E-state index contributed by atoms with van der Waals surface area (Å²) in [5, 5.41) is 9.52. The molecular weight excluding hydrogens is 212 g/mol. The van der Waals surface area contributed by atoms with Crippen molar-refractivity contribution >= 4 is 0 Å². The molecule has 2 rings (SSSR count). The van der Waals surface area contributed by atoms with Gasteiger partial charge in [0.15, 0.2) is 0 Å². The van der Waals surface area contributed by atoms with E-state index < -0.39 is 0 Å². The molecule has 0 aromatic heterocycles. The molecule has 3 N–H and O–H groups in total. The molecule has 17 heavy (non-hydrogen) atoms. The van der Waals surface area contributed by atoms with Crippen LogP contribution in [0.1, 0.15) is 46.0 Å². The fourth-order valence-corrected chi connectivity index (χ4v) is 2.99. The van der Waals surface area contributed by atoms with Crippen molar-refractivity contribution in [3.8, 4) is 0 Å². The first-order valence-electron chi connectivity index (χ1n) is 7.13. The van der Waals surface area contributed by atoms with E-state index in [1.165, 1.54) is 32.1 Å². The molecule has 3 heteroatoms. The maximum absolute atomic E-state index is 9.52. The molecule has 100 valence electrons. The molecule has 2 aliphatic rings. The Balaban J connectivity index is 1.85. The lowest BCUT2D eigenvalue weighted by Gasteiger charge is -2.42. The summed E-state index contributed by atoms with van der Waals surface area (Å²) in [6, 6.07) is 0. The van der Waals surface area contributed by atoms with Crippen LogP contribution in [0.15, 0.2) is 0 Å². The van der Waals surface area contributed by atoms with Gasteiger partial charge < -0.3 is 15.7 Å². The first-order valence-corrected chi connectivity index (χ1v) is 7.13. The van der Waals surface area contributed by atoms with Gasteiger partial charge in [0.2, 0.25) is 0 Å². The highest BCUT2D eigenvalue weighted by Crippen LogP contribution is 2.40. The molecule has 1 aliphatic heterocycles. The van der Waals surface area contributed by atoms with Crippen molar-refractivity contribution < 1.29 is 5.11 Å². The molecule has 1 unspecified atom stereocenters. The second kappa shape index (κ2) is 4.87. The van der Waals surface area contributed by atoms with Crippen LogP contribution in [0.3, 0.4) is 0 Å². The van der Waals surface area contributed by atoms with Gasteiger partial charge in [0, 0.05) is 6.54 Å². The largest absolute Gasteiger partial charge is 0.394 e. The van der Waals surface area contributed by atoms with Crippen molar-refractivity contribution in [2.45, 2.75) is 51.5 Å². The molecular formula is C14H28N2O. The quantitative estimate of drug-likeness (QED) is 0.767. The molecule has 0 amide bonds. The summed E-state index contributed by atoms with van der Waals surface area (Å²) >= 11 is 0. The van der Waals surface area contributed by atoms with Crippen LogP contribution in [0.5, 0.6) is 0 Å². The summed E-state index contributed by atoms with van der Waals surface area (Å²) in [6.45, 7) is 8.01. The molecule has 1 saturated heterocycles. The Labute approximate surface area is 105 Å². The minimum Gasteiger partial charge on any atom is -0.394 e. The van der Waals surface area contributed by atoms with E-state index in [9.17, 15) is 5.11 Å². The molecule has 1 atom stereocenters. The average molecular weight is 240 g/mol. The predicted octanol–water partition coefficient (Wildman–Crippen LogP) is 1.60. The van der Waals surface area contributed by atoms with E-state index >= 15 is 0 Å². The fourth-order valence-electron chi connectivity index (χ4n) is 2.99. The monoisotopic (exact) mass is 240 g/mol. The van der Waals surface area contributed by atoms with Crippen molar-refractivity contribution in [3.63, 3.8) is 0 Å². The Morgan fingerprint density at radius 1 is 1.35 bits per heavy atom. The number of likely N-dealkylation sites (tertiary alicyclic amines) is 1. The van der Waals surface area contributed by atoms with Gasteiger partial charge in [-0.1, -0.05) is 20.3 Å². The lowest BCUT2D eigenvalue weighted by molar-refractivity contribution is 0.0685. The first kappa shape index (κ1) is 13.3. The summed E-state index contributed by atoms with van der Waals surface area (Å²) < 4.78 is 0. The third kappa shape index (κ3) is 3.01. The van der Waals surface area contributed by atoms with Gasteiger partial charge in [-0.2, -0.15) is 0 Å². The number of aliphatic hydroxyl groups excluding tert-OH is 1. The minimum absolute atomic E-state index is 0.138. The number of piperidine rings is 1. The van der Waals surface area contributed by atoms with Crippen molar-refractivity contribution in [2.24, 2.45) is 17.1 Å². The van der Waals surface area contributed by atoms with E-state index in [1.54, 1.807) is 0 Å².